The van der Waals surface area contributed by atoms with Crippen LogP contribution >= 0.6 is 15.9 Å². The first-order chi connectivity index (χ1) is 11.5. The highest BCUT2D eigenvalue weighted by molar-refractivity contribution is 9.10. The molecule has 1 heterocycles. The number of aromatic nitrogens is 2. The number of H-pyrrole nitrogens is 1. The maximum absolute atomic E-state index is 12.2. The molecule has 0 unspecified atom stereocenters. The summed E-state index contributed by atoms with van der Waals surface area (Å²) < 4.78 is 1.84. The lowest BCUT2D eigenvalue weighted by Crippen LogP contribution is -2.35. The highest BCUT2D eigenvalue weighted by Crippen LogP contribution is 2.14. The number of amides is 1. The van der Waals surface area contributed by atoms with Crippen LogP contribution < -0.4 is 16.6 Å². The molecule has 2 aromatic carbocycles. The van der Waals surface area contributed by atoms with Crippen molar-refractivity contribution in [3.8, 4) is 5.69 Å². The van der Waals surface area contributed by atoms with Gasteiger partial charge in [0.15, 0.2) is 0 Å². The van der Waals surface area contributed by atoms with Crippen molar-refractivity contribution < 1.29 is 4.79 Å². The third-order valence-electron chi connectivity index (χ3n) is 3.29. The van der Waals surface area contributed by atoms with E-state index in [1.807, 2.05) is 0 Å². The van der Waals surface area contributed by atoms with Crippen LogP contribution in [-0.2, 0) is 0 Å². The number of nitrogens with zero attached hydrogens (tertiary/aromatic N) is 1. The van der Waals surface area contributed by atoms with E-state index in [1.54, 1.807) is 54.6 Å². The molecule has 0 fully saturated rings. The Morgan fingerprint density at radius 2 is 1.67 bits per heavy atom. The fourth-order valence-corrected chi connectivity index (χ4v) is 2.44. The van der Waals surface area contributed by atoms with Gasteiger partial charge in [0.25, 0.3) is 11.5 Å². The Hall–Kier alpha value is -2.93. The normalized spacial score (nSPS) is 10.4. The van der Waals surface area contributed by atoms with Crippen LogP contribution in [0.4, 0.5) is 5.69 Å². The first-order valence-corrected chi connectivity index (χ1v) is 7.82. The zero-order chi connectivity index (χ0) is 17.1. The van der Waals surface area contributed by atoms with Gasteiger partial charge in [-0.2, -0.15) is 0 Å². The number of para-hydroxylation sites is 1. The highest BCUT2D eigenvalue weighted by atomic mass is 79.9. The van der Waals surface area contributed by atoms with Gasteiger partial charge in [0.1, 0.15) is 5.69 Å². The maximum atomic E-state index is 12.2. The molecule has 1 amide bonds. The van der Waals surface area contributed by atoms with Crippen molar-refractivity contribution in [2.75, 3.05) is 5.32 Å². The zero-order valence-electron chi connectivity index (χ0n) is 12.3. The SMILES string of the molecule is O=C(Nc1ccc(Br)cc1)c1cc(=O)n(-c2ccccc2)c(=O)[nH]1. The summed E-state index contributed by atoms with van der Waals surface area (Å²) in [6.07, 6.45) is 0. The van der Waals surface area contributed by atoms with E-state index in [-0.39, 0.29) is 5.69 Å². The quantitative estimate of drug-likeness (QED) is 0.726. The number of anilines is 1. The largest absolute Gasteiger partial charge is 0.333 e. The Labute approximate surface area is 144 Å². The van der Waals surface area contributed by atoms with E-state index < -0.39 is 17.2 Å². The minimum absolute atomic E-state index is 0.0971. The third-order valence-corrected chi connectivity index (χ3v) is 3.82. The predicted molar refractivity (Wildman–Crippen MR) is 94.8 cm³/mol. The molecule has 0 spiro atoms. The van der Waals surface area contributed by atoms with E-state index in [0.29, 0.717) is 11.4 Å². The molecule has 0 atom stereocenters. The van der Waals surface area contributed by atoms with Crippen molar-refractivity contribution in [2.24, 2.45) is 0 Å². The predicted octanol–water partition coefficient (Wildman–Crippen LogP) is 2.54. The summed E-state index contributed by atoms with van der Waals surface area (Å²) in [5.74, 6) is -0.563. The van der Waals surface area contributed by atoms with Crippen molar-refractivity contribution in [1.82, 2.24) is 9.55 Å². The van der Waals surface area contributed by atoms with Gasteiger partial charge in [-0.25, -0.2) is 9.36 Å². The number of aromatic amines is 1. The molecule has 0 aliphatic carbocycles. The van der Waals surface area contributed by atoms with Crippen molar-refractivity contribution in [3.63, 3.8) is 0 Å². The lowest BCUT2D eigenvalue weighted by atomic mass is 10.3. The fourth-order valence-electron chi connectivity index (χ4n) is 2.17. The molecule has 3 rings (SSSR count). The molecule has 7 heteroatoms. The third kappa shape index (κ3) is 3.36. The second-order valence-electron chi connectivity index (χ2n) is 4.96. The number of rotatable bonds is 3. The Morgan fingerprint density at radius 3 is 2.29 bits per heavy atom. The summed E-state index contributed by atoms with van der Waals surface area (Å²) in [6, 6.07) is 16.5. The number of carbonyl (C=O) groups is 1. The number of hydrogen-bond acceptors (Lipinski definition) is 3. The van der Waals surface area contributed by atoms with E-state index in [0.717, 1.165) is 15.1 Å². The molecule has 0 saturated heterocycles. The Bertz CT molecular complexity index is 961. The van der Waals surface area contributed by atoms with Crippen molar-refractivity contribution in [2.45, 2.75) is 0 Å². The zero-order valence-corrected chi connectivity index (χ0v) is 13.9. The van der Waals surface area contributed by atoms with Crippen LogP contribution in [0.25, 0.3) is 5.69 Å². The second-order valence-corrected chi connectivity index (χ2v) is 5.87. The number of halogens is 1. The molecule has 6 nitrogen and oxygen atoms in total. The second kappa shape index (κ2) is 6.67. The van der Waals surface area contributed by atoms with Gasteiger partial charge in [0.05, 0.1) is 5.69 Å². The van der Waals surface area contributed by atoms with Crippen LogP contribution in [-0.4, -0.2) is 15.5 Å². The molecule has 0 saturated carbocycles. The van der Waals surface area contributed by atoms with Gasteiger partial charge in [0.2, 0.25) is 0 Å². The van der Waals surface area contributed by atoms with Crippen LogP contribution in [0.1, 0.15) is 10.5 Å². The lowest BCUT2D eigenvalue weighted by molar-refractivity contribution is 0.102. The van der Waals surface area contributed by atoms with E-state index in [2.05, 4.69) is 26.2 Å². The number of benzene rings is 2. The van der Waals surface area contributed by atoms with Gasteiger partial charge in [-0.15, -0.1) is 0 Å². The highest BCUT2D eigenvalue weighted by Gasteiger charge is 2.12. The van der Waals surface area contributed by atoms with Gasteiger partial charge in [-0.1, -0.05) is 34.1 Å². The van der Waals surface area contributed by atoms with E-state index >= 15 is 0 Å². The Morgan fingerprint density at radius 1 is 1.00 bits per heavy atom. The molecule has 1 aromatic heterocycles. The summed E-state index contributed by atoms with van der Waals surface area (Å²) >= 11 is 3.30. The lowest BCUT2D eigenvalue weighted by Gasteiger charge is -2.07. The molecule has 120 valence electrons. The van der Waals surface area contributed by atoms with Crippen LogP contribution in [0.15, 0.2) is 74.7 Å². The van der Waals surface area contributed by atoms with Crippen molar-refractivity contribution in [3.05, 3.63) is 91.7 Å². The summed E-state index contributed by atoms with van der Waals surface area (Å²) in [7, 11) is 0. The average Bonchev–Trinajstić information content (AvgIpc) is 2.57. The first-order valence-electron chi connectivity index (χ1n) is 7.03. The van der Waals surface area contributed by atoms with Crippen LogP contribution in [0.5, 0.6) is 0 Å². The van der Waals surface area contributed by atoms with Crippen LogP contribution in [0.2, 0.25) is 0 Å². The van der Waals surface area contributed by atoms with Gasteiger partial charge in [-0.3, -0.25) is 9.59 Å². The molecule has 3 aromatic rings. The van der Waals surface area contributed by atoms with Gasteiger partial charge < -0.3 is 10.3 Å². The van der Waals surface area contributed by atoms with Crippen LogP contribution in [0.3, 0.4) is 0 Å². The Balaban J connectivity index is 1.93. The first kappa shape index (κ1) is 15.9. The molecule has 24 heavy (non-hydrogen) atoms. The average molecular weight is 386 g/mol. The van der Waals surface area contributed by atoms with E-state index in [4.69, 9.17) is 0 Å². The summed E-state index contributed by atoms with van der Waals surface area (Å²) in [6.45, 7) is 0. The Kier molecular flexibility index (Phi) is 4.43. The summed E-state index contributed by atoms with van der Waals surface area (Å²) in [5.41, 5.74) is -0.361. The number of carbonyl (C=O) groups excluding carboxylic acids is 1. The molecular weight excluding hydrogens is 374 g/mol. The molecule has 0 radical (unpaired) electrons. The summed E-state index contributed by atoms with van der Waals surface area (Å²) in [5, 5.41) is 2.62. The molecule has 0 aliphatic rings. The minimum Gasteiger partial charge on any atom is -0.321 e. The van der Waals surface area contributed by atoms with E-state index in [9.17, 15) is 14.4 Å². The smallest absolute Gasteiger partial charge is 0.321 e. The van der Waals surface area contributed by atoms with Crippen molar-refractivity contribution in [1.29, 1.82) is 0 Å². The van der Waals surface area contributed by atoms with Gasteiger partial charge in [0, 0.05) is 16.2 Å². The molecular formula is C17H12BrN3O3. The minimum atomic E-state index is -0.672. The topological polar surface area (TPSA) is 84.0 Å². The van der Waals surface area contributed by atoms with Crippen molar-refractivity contribution >= 4 is 27.5 Å². The van der Waals surface area contributed by atoms with E-state index in [1.165, 1.54) is 0 Å². The monoisotopic (exact) mass is 385 g/mol. The van der Waals surface area contributed by atoms with Gasteiger partial charge >= 0.3 is 5.69 Å². The standard InChI is InChI=1S/C17H12BrN3O3/c18-11-6-8-12(9-7-11)19-16(23)14-10-15(22)21(17(24)20-14)13-4-2-1-3-5-13/h1-10H,(H,19,23)(H,20,24). The molecule has 2 N–H and O–H groups in total. The summed E-state index contributed by atoms with van der Waals surface area (Å²) in [4.78, 5) is 39.0. The van der Waals surface area contributed by atoms with Gasteiger partial charge in [-0.05, 0) is 36.4 Å². The number of hydrogen-bond donors (Lipinski definition) is 2. The van der Waals surface area contributed by atoms with Crippen LogP contribution in [0, 0.1) is 0 Å². The number of nitrogens with one attached hydrogen (secondary N) is 2. The molecule has 0 aliphatic heterocycles. The maximum Gasteiger partial charge on any atom is 0.333 e. The fraction of sp³-hybridized carbons (Fsp3) is 0. The molecule has 0 bridgehead atoms.